The van der Waals surface area contributed by atoms with Crippen LogP contribution in [-0.4, -0.2) is 6.68 Å². The predicted molar refractivity (Wildman–Crippen MR) is 263 cm³/mol. The van der Waals surface area contributed by atoms with Gasteiger partial charge in [0.05, 0.1) is 0 Å². The fourth-order valence-corrected chi connectivity index (χ4v) is 13.5. The van der Waals surface area contributed by atoms with Gasteiger partial charge in [-0.1, -0.05) is 273 Å². The molecule has 9 aromatic carbocycles. The van der Waals surface area contributed by atoms with Gasteiger partial charge in [0, 0.05) is 0 Å². The van der Waals surface area contributed by atoms with Crippen LogP contribution >= 0.6 is 23.8 Å². The minimum atomic E-state index is -3.67. The summed E-state index contributed by atoms with van der Waals surface area (Å²) in [7, 11) is -1.34. The third-order valence-corrected chi connectivity index (χ3v) is 16.5. The van der Waals surface area contributed by atoms with Gasteiger partial charge in [-0.3, -0.25) is 0 Å². The van der Waals surface area contributed by atoms with Crippen LogP contribution in [0.25, 0.3) is 0 Å². The normalized spacial score (nSPS) is 10.3. The Kier molecular flexibility index (Phi) is 20.6. The molecule has 0 atom stereocenters. The minimum Gasteiger partial charge on any atom is -0.174 e. The SMILES string of the molecule is FC(F)F.[Cu+].c1ccc(P(c2ccccc2)c2ccccc2)cc1.c1ccc(P(c2ccccc2)c2ccccc2)cc1.c1ccc(P(c2ccccc2)c2ccccc2)cc1. The zero-order valence-corrected chi connectivity index (χ0v) is 37.5. The molecular weight excluding hydrogens is 874 g/mol. The van der Waals surface area contributed by atoms with E-state index in [0.29, 0.717) is 0 Å². The molecule has 0 radical (unpaired) electrons. The molecule has 0 saturated heterocycles. The maximum absolute atomic E-state index is 9.67. The molecule has 0 amide bonds. The summed E-state index contributed by atoms with van der Waals surface area (Å²) in [6.45, 7) is -3.67. The van der Waals surface area contributed by atoms with Crippen molar-refractivity contribution in [2.24, 2.45) is 0 Å². The molecule has 312 valence electrons. The Morgan fingerprint density at radius 3 is 0.355 bits per heavy atom. The molecule has 0 spiro atoms. The molecule has 7 heteroatoms. The van der Waals surface area contributed by atoms with Crippen LogP contribution in [-0.2, 0) is 17.1 Å². The van der Waals surface area contributed by atoms with E-state index in [4.69, 9.17) is 0 Å². The summed E-state index contributed by atoms with van der Waals surface area (Å²) >= 11 is 0. The summed E-state index contributed by atoms with van der Waals surface area (Å²) in [6, 6.07) is 97.0. The van der Waals surface area contributed by atoms with Gasteiger partial charge >= 0.3 is 23.7 Å². The second kappa shape index (κ2) is 26.8. The molecule has 0 N–H and O–H groups in total. The van der Waals surface area contributed by atoms with E-state index >= 15 is 0 Å². The average molecular weight is 920 g/mol. The third-order valence-electron chi connectivity index (χ3n) is 9.13. The Hall–Kier alpha value is -5.42. The Balaban J connectivity index is 0.000000167. The second-order valence-electron chi connectivity index (χ2n) is 13.3. The fraction of sp³-hybridized carbons (Fsp3) is 0.0182. The Labute approximate surface area is 379 Å². The van der Waals surface area contributed by atoms with E-state index in [9.17, 15) is 13.2 Å². The summed E-state index contributed by atoms with van der Waals surface area (Å²) in [5, 5.41) is 12.6. The molecule has 0 fully saturated rings. The van der Waals surface area contributed by atoms with Crippen molar-refractivity contribution in [1.82, 2.24) is 0 Å². The van der Waals surface area contributed by atoms with Crippen molar-refractivity contribution in [3.05, 3.63) is 273 Å². The standard InChI is InChI=1S/3C18H15P.CHF3.Cu/c3*1-4-10-16(11-5-1)19(17-12-6-2-7-13-17)18-14-8-3-9-15-18;2-1(3)4;/h3*1-15H;1H;/q;;;;+1. The van der Waals surface area contributed by atoms with Crippen molar-refractivity contribution in [2.45, 2.75) is 6.68 Å². The number of halogens is 3. The van der Waals surface area contributed by atoms with Crippen LogP contribution in [0.2, 0.25) is 0 Å². The minimum absolute atomic E-state index is 0. The monoisotopic (exact) mass is 919 g/mol. The molecule has 0 aliphatic rings. The van der Waals surface area contributed by atoms with E-state index in [-0.39, 0.29) is 17.1 Å². The van der Waals surface area contributed by atoms with E-state index in [1.54, 1.807) is 0 Å². The van der Waals surface area contributed by atoms with Gasteiger partial charge in [0.15, 0.2) is 0 Å². The third kappa shape index (κ3) is 14.9. The summed E-state index contributed by atoms with van der Waals surface area (Å²) in [6.07, 6.45) is 0. The van der Waals surface area contributed by atoms with Crippen LogP contribution in [0.4, 0.5) is 13.2 Å². The number of alkyl halides is 3. The zero-order valence-electron chi connectivity index (χ0n) is 33.8. The molecule has 62 heavy (non-hydrogen) atoms. The van der Waals surface area contributed by atoms with Gasteiger partial charge in [-0.15, -0.1) is 0 Å². The maximum atomic E-state index is 9.67. The molecule has 0 bridgehead atoms. The first-order valence-corrected chi connectivity index (χ1v) is 23.9. The summed E-state index contributed by atoms with van der Waals surface area (Å²) in [5.74, 6) is 0. The fourth-order valence-electron chi connectivity index (χ4n) is 6.54. The number of hydrogen-bond acceptors (Lipinski definition) is 0. The molecule has 0 aliphatic carbocycles. The van der Waals surface area contributed by atoms with E-state index in [0.717, 1.165) is 0 Å². The van der Waals surface area contributed by atoms with Gasteiger partial charge in [-0.05, 0) is 71.5 Å². The molecule has 0 aromatic heterocycles. The largest absolute Gasteiger partial charge is 1.00 e. The van der Waals surface area contributed by atoms with Crippen LogP contribution in [0.3, 0.4) is 0 Å². The molecule has 9 aromatic rings. The van der Waals surface area contributed by atoms with Gasteiger partial charge < -0.3 is 0 Å². The number of rotatable bonds is 9. The van der Waals surface area contributed by atoms with Gasteiger partial charge in [-0.25, -0.2) is 0 Å². The summed E-state index contributed by atoms with van der Waals surface area (Å²) in [4.78, 5) is 0. The van der Waals surface area contributed by atoms with Crippen molar-refractivity contribution < 1.29 is 30.2 Å². The first-order chi connectivity index (χ1) is 30.1. The summed E-state index contributed by atoms with van der Waals surface area (Å²) < 4.78 is 29.0. The molecule has 0 saturated carbocycles. The van der Waals surface area contributed by atoms with Crippen LogP contribution in [0.15, 0.2) is 273 Å². The number of benzene rings is 9. The van der Waals surface area contributed by atoms with Crippen molar-refractivity contribution in [2.75, 3.05) is 0 Å². The van der Waals surface area contributed by atoms with Crippen molar-refractivity contribution in [1.29, 1.82) is 0 Å². The molecule has 0 aliphatic heterocycles. The van der Waals surface area contributed by atoms with Gasteiger partial charge in [0.1, 0.15) is 0 Å². The Bertz CT molecular complexity index is 1930. The quantitative estimate of drug-likeness (QED) is 0.1000. The van der Waals surface area contributed by atoms with E-state index in [2.05, 4.69) is 273 Å². The van der Waals surface area contributed by atoms with Crippen molar-refractivity contribution >= 4 is 71.5 Å². The first-order valence-electron chi connectivity index (χ1n) is 19.9. The average Bonchev–Trinajstić information content (AvgIpc) is 3.33. The Morgan fingerprint density at radius 1 is 0.194 bits per heavy atom. The first kappa shape index (κ1) is 47.6. The summed E-state index contributed by atoms with van der Waals surface area (Å²) in [5.41, 5.74) is 0. The maximum Gasteiger partial charge on any atom is 1.00 e. The smallest absolute Gasteiger partial charge is 0.174 e. The van der Waals surface area contributed by atoms with Crippen LogP contribution in [0, 0.1) is 0 Å². The van der Waals surface area contributed by atoms with Crippen molar-refractivity contribution in [3.8, 4) is 0 Å². The second-order valence-corrected chi connectivity index (χ2v) is 19.9. The van der Waals surface area contributed by atoms with E-state index in [1.807, 2.05) is 0 Å². The Morgan fingerprint density at radius 2 is 0.274 bits per heavy atom. The molecule has 0 unspecified atom stereocenters. The molecular formula is C55H46CuF3P3+. The molecule has 0 nitrogen and oxygen atoms in total. The number of hydrogen-bond donors (Lipinski definition) is 0. The molecule has 0 heterocycles. The topological polar surface area (TPSA) is 0 Å². The predicted octanol–water partition coefficient (Wildman–Crippen LogP) is 11.5. The van der Waals surface area contributed by atoms with Crippen LogP contribution in [0.5, 0.6) is 0 Å². The van der Waals surface area contributed by atoms with Gasteiger partial charge in [0.2, 0.25) is 0 Å². The van der Waals surface area contributed by atoms with Gasteiger partial charge in [0.25, 0.3) is 0 Å². The van der Waals surface area contributed by atoms with Crippen molar-refractivity contribution in [3.63, 3.8) is 0 Å². The van der Waals surface area contributed by atoms with Crippen LogP contribution in [0.1, 0.15) is 0 Å². The van der Waals surface area contributed by atoms with E-state index < -0.39 is 30.4 Å². The molecule has 9 rings (SSSR count). The van der Waals surface area contributed by atoms with Crippen LogP contribution < -0.4 is 47.7 Å². The van der Waals surface area contributed by atoms with E-state index in [1.165, 1.54) is 47.7 Å². The van der Waals surface area contributed by atoms with Gasteiger partial charge in [-0.2, -0.15) is 13.2 Å². The zero-order chi connectivity index (χ0) is 42.3.